The van der Waals surface area contributed by atoms with Crippen molar-refractivity contribution in [3.8, 4) is 11.1 Å². The van der Waals surface area contributed by atoms with E-state index in [4.69, 9.17) is 4.74 Å². The molecule has 1 aromatic heterocycles. The minimum Gasteiger partial charge on any atom is -0.444 e. The lowest BCUT2D eigenvalue weighted by Crippen LogP contribution is -2.47. The number of carbonyl (C=O) groups is 2. The number of ether oxygens (including phenoxy) is 1. The van der Waals surface area contributed by atoms with Crippen LogP contribution in [0.15, 0.2) is 30.3 Å². The molecule has 2 aliphatic carbocycles. The van der Waals surface area contributed by atoms with Crippen molar-refractivity contribution >= 4 is 28.9 Å². The van der Waals surface area contributed by atoms with Crippen LogP contribution in [0.5, 0.6) is 0 Å². The molecule has 198 valence electrons. The largest absolute Gasteiger partial charge is 0.444 e. The fourth-order valence-electron chi connectivity index (χ4n) is 6.43. The molecule has 1 aliphatic heterocycles. The molecule has 2 amide bonds. The van der Waals surface area contributed by atoms with E-state index in [0.29, 0.717) is 45.8 Å². The van der Waals surface area contributed by atoms with Gasteiger partial charge >= 0.3 is 6.09 Å². The van der Waals surface area contributed by atoms with Gasteiger partial charge in [-0.25, -0.2) is 19.2 Å². The highest BCUT2D eigenvalue weighted by Gasteiger charge is 2.55. The average molecular weight is 518 g/mol. The molecule has 3 aromatic rings. The molecule has 2 bridgehead atoms. The van der Waals surface area contributed by atoms with Crippen molar-refractivity contribution in [2.45, 2.75) is 83.0 Å². The van der Waals surface area contributed by atoms with E-state index in [9.17, 15) is 9.59 Å². The van der Waals surface area contributed by atoms with E-state index in [2.05, 4.69) is 25.9 Å². The van der Waals surface area contributed by atoms with E-state index in [1.54, 1.807) is 25.1 Å². The van der Waals surface area contributed by atoms with E-state index < -0.39 is 11.4 Å². The number of alkyl carbamates (subject to hydrolysis) is 1. The first-order valence-corrected chi connectivity index (χ1v) is 13.1. The third-order valence-electron chi connectivity index (χ3n) is 8.07. The number of aromatic nitrogens is 2. The van der Waals surface area contributed by atoms with Gasteiger partial charge < -0.3 is 20.7 Å². The van der Waals surface area contributed by atoms with E-state index in [1.807, 2.05) is 32.9 Å². The van der Waals surface area contributed by atoms with Crippen molar-refractivity contribution in [2.24, 2.45) is 0 Å². The fourth-order valence-corrected chi connectivity index (χ4v) is 6.43. The number of aryl methyl sites for hydroxylation is 1. The van der Waals surface area contributed by atoms with E-state index in [1.165, 1.54) is 0 Å². The Morgan fingerprint density at radius 2 is 1.79 bits per heavy atom. The summed E-state index contributed by atoms with van der Waals surface area (Å²) in [6.07, 6.45) is 3.81. The highest BCUT2D eigenvalue weighted by Crippen LogP contribution is 2.52. The predicted octanol–water partition coefficient (Wildman–Crippen LogP) is 5.38. The smallest absolute Gasteiger partial charge is 0.408 e. The van der Waals surface area contributed by atoms with Crippen LogP contribution < -0.4 is 16.0 Å². The summed E-state index contributed by atoms with van der Waals surface area (Å²) < 4.78 is 21.4. The Labute approximate surface area is 220 Å². The molecule has 0 radical (unpaired) electrons. The number of anilines is 1. The Balaban J connectivity index is 1.27. The molecule has 2 fully saturated rings. The maximum Gasteiger partial charge on any atom is 0.408 e. The number of rotatable bonds is 4. The molecule has 2 aromatic carbocycles. The van der Waals surface area contributed by atoms with Crippen molar-refractivity contribution < 1.29 is 18.7 Å². The third kappa shape index (κ3) is 4.14. The molecular weight excluding hydrogens is 485 g/mol. The molecule has 2 saturated carbocycles. The Morgan fingerprint density at radius 3 is 2.53 bits per heavy atom. The lowest BCUT2D eigenvalue weighted by Gasteiger charge is -2.30. The predicted molar refractivity (Wildman–Crippen MR) is 142 cm³/mol. The second-order valence-corrected chi connectivity index (χ2v) is 12.0. The van der Waals surface area contributed by atoms with Crippen LogP contribution in [0.2, 0.25) is 0 Å². The van der Waals surface area contributed by atoms with Crippen molar-refractivity contribution in [2.75, 3.05) is 5.32 Å². The van der Waals surface area contributed by atoms with Crippen molar-refractivity contribution in [3.63, 3.8) is 0 Å². The zero-order chi connectivity index (χ0) is 26.9. The number of fused-ring (bicyclic) bond motifs is 4. The van der Waals surface area contributed by atoms with Gasteiger partial charge in [-0.2, -0.15) is 0 Å². The van der Waals surface area contributed by atoms with Gasteiger partial charge in [0.15, 0.2) is 0 Å². The molecule has 0 spiro atoms. The Kier molecular flexibility index (Phi) is 5.42. The number of amides is 2. The summed E-state index contributed by atoms with van der Waals surface area (Å²) >= 11 is 0. The SMILES string of the molecule is Cc1nc(NC23CCC(NC(=O)OC(C)(C)C)(CC2)C3)nc2ccc(-c3cccc4c3C(=O)NC4)c(F)c12. The van der Waals surface area contributed by atoms with Crippen LogP contribution >= 0.6 is 0 Å². The summed E-state index contributed by atoms with van der Waals surface area (Å²) in [5.74, 6) is -0.163. The number of nitrogens with zero attached hydrogens (tertiary/aromatic N) is 2. The number of hydrogen-bond donors (Lipinski definition) is 3. The number of nitrogens with one attached hydrogen (secondary N) is 3. The molecule has 6 rings (SSSR count). The number of carbonyl (C=O) groups excluding carboxylic acids is 2. The van der Waals surface area contributed by atoms with Gasteiger partial charge in [0.25, 0.3) is 5.91 Å². The van der Waals surface area contributed by atoms with Crippen LogP contribution in [0.4, 0.5) is 15.1 Å². The second kappa shape index (κ2) is 8.38. The van der Waals surface area contributed by atoms with Gasteiger partial charge in [-0.1, -0.05) is 18.2 Å². The summed E-state index contributed by atoms with van der Waals surface area (Å²) in [6.45, 7) is 7.79. The van der Waals surface area contributed by atoms with Crippen molar-refractivity contribution in [1.29, 1.82) is 0 Å². The van der Waals surface area contributed by atoms with Crippen LogP contribution in [0.3, 0.4) is 0 Å². The van der Waals surface area contributed by atoms with Crippen molar-refractivity contribution in [1.82, 2.24) is 20.6 Å². The van der Waals surface area contributed by atoms with Gasteiger partial charge in [-0.05, 0) is 83.1 Å². The van der Waals surface area contributed by atoms with Gasteiger partial charge in [0, 0.05) is 23.2 Å². The number of benzene rings is 2. The van der Waals surface area contributed by atoms with Gasteiger partial charge in [0.2, 0.25) is 5.95 Å². The minimum absolute atomic E-state index is 0.188. The number of hydrogen-bond acceptors (Lipinski definition) is 6. The van der Waals surface area contributed by atoms with Gasteiger partial charge in [0.1, 0.15) is 11.4 Å². The first-order chi connectivity index (χ1) is 18.0. The summed E-state index contributed by atoms with van der Waals surface area (Å²) in [5.41, 5.74) is 2.27. The highest BCUT2D eigenvalue weighted by atomic mass is 19.1. The molecule has 0 unspecified atom stereocenters. The number of halogens is 1. The molecule has 9 heteroatoms. The Bertz CT molecular complexity index is 1490. The van der Waals surface area contributed by atoms with Crippen LogP contribution in [-0.2, 0) is 11.3 Å². The minimum atomic E-state index is -0.550. The van der Waals surface area contributed by atoms with E-state index in [-0.39, 0.29) is 23.1 Å². The highest BCUT2D eigenvalue weighted by molar-refractivity contribution is 6.05. The normalized spacial score (nSPS) is 23.9. The first-order valence-electron chi connectivity index (χ1n) is 13.1. The second-order valence-electron chi connectivity index (χ2n) is 12.0. The molecule has 0 atom stereocenters. The molecule has 3 aliphatic rings. The summed E-state index contributed by atoms with van der Waals surface area (Å²) in [7, 11) is 0. The quantitative estimate of drug-likeness (QED) is 0.429. The maximum atomic E-state index is 15.9. The van der Waals surface area contributed by atoms with Crippen LogP contribution in [-0.4, -0.2) is 38.6 Å². The fraction of sp³-hybridized carbons (Fsp3) is 0.448. The Morgan fingerprint density at radius 1 is 1.05 bits per heavy atom. The molecule has 0 saturated heterocycles. The molecule has 2 heterocycles. The van der Waals surface area contributed by atoms with Gasteiger partial charge in [0.05, 0.1) is 22.2 Å². The van der Waals surface area contributed by atoms with E-state index in [0.717, 1.165) is 37.7 Å². The molecule has 8 nitrogen and oxygen atoms in total. The average Bonchev–Trinajstić information content (AvgIpc) is 3.49. The van der Waals surface area contributed by atoms with Gasteiger partial charge in [-0.3, -0.25) is 4.79 Å². The Hall–Kier alpha value is -3.75. The zero-order valence-electron chi connectivity index (χ0n) is 22.1. The van der Waals surface area contributed by atoms with Crippen LogP contribution in [0.1, 0.15) is 74.5 Å². The lowest BCUT2D eigenvalue weighted by molar-refractivity contribution is 0.0458. The zero-order valence-corrected chi connectivity index (χ0v) is 22.1. The van der Waals surface area contributed by atoms with Crippen molar-refractivity contribution in [3.05, 3.63) is 53.0 Å². The first kappa shape index (κ1) is 24.6. The topological polar surface area (TPSA) is 105 Å². The summed E-state index contributed by atoms with van der Waals surface area (Å²) in [6, 6.07) is 8.97. The summed E-state index contributed by atoms with van der Waals surface area (Å²) in [4.78, 5) is 34.2. The monoisotopic (exact) mass is 517 g/mol. The molecule has 38 heavy (non-hydrogen) atoms. The maximum absolute atomic E-state index is 15.9. The van der Waals surface area contributed by atoms with Gasteiger partial charge in [-0.15, -0.1) is 0 Å². The van der Waals surface area contributed by atoms with Crippen LogP contribution in [0.25, 0.3) is 22.0 Å². The molecular formula is C29H32FN5O3. The lowest BCUT2D eigenvalue weighted by atomic mass is 9.91. The standard InChI is InChI=1S/C29H32FN5O3/c1-16-21-20(9-8-19(23(21)30)18-7-5-6-17-14-31-24(36)22(17)18)33-25(32-16)34-28-10-12-29(15-28,13-11-28)35-26(37)38-27(2,3)4/h5-9H,10-15H2,1-4H3,(H,31,36)(H,35,37)(H,32,33,34). The third-order valence-corrected chi connectivity index (χ3v) is 8.07. The summed E-state index contributed by atoms with van der Waals surface area (Å²) in [5, 5.41) is 9.83. The molecule has 3 N–H and O–H groups in total. The van der Waals surface area contributed by atoms with E-state index >= 15 is 4.39 Å². The van der Waals surface area contributed by atoms with Crippen LogP contribution in [0, 0.1) is 12.7 Å².